The number of benzene rings is 1. The maximum absolute atomic E-state index is 13.1. The zero-order valence-corrected chi connectivity index (χ0v) is 10.1. The molecule has 0 saturated carbocycles. The summed E-state index contributed by atoms with van der Waals surface area (Å²) in [5.74, 6) is -0.645. The van der Waals surface area contributed by atoms with Crippen LogP contribution in [0.25, 0.3) is 0 Å². The summed E-state index contributed by atoms with van der Waals surface area (Å²) in [6, 6.07) is 2.39. The third kappa shape index (κ3) is 2.54. The molecule has 0 bridgehead atoms. The molecule has 0 spiro atoms. The van der Waals surface area contributed by atoms with Crippen LogP contribution in [-0.2, 0) is 4.74 Å². The largest absolute Gasteiger partial charge is 0.506 e. The first-order valence-corrected chi connectivity index (χ1v) is 5.99. The molecule has 1 fully saturated rings. The Morgan fingerprint density at radius 1 is 1.41 bits per heavy atom. The second kappa shape index (κ2) is 5.21. The number of nitrogens with two attached hydrogens (primary N) is 1. The SMILES string of the molecule is N[C@@H](c1ccc(F)c(Cl)c1O)C1CCOCC1. The third-order valence-corrected chi connectivity index (χ3v) is 3.59. The van der Waals surface area contributed by atoms with Crippen molar-refractivity contribution in [3.05, 3.63) is 28.5 Å². The molecular weight excluding hydrogens is 245 g/mol. The fourth-order valence-electron chi connectivity index (χ4n) is 2.15. The molecule has 5 heteroatoms. The second-order valence-electron chi connectivity index (χ2n) is 4.27. The Balaban J connectivity index is 2.24. The number of aromatic hydroxyl groups is 1. The van der Waals surface area contributed by atoms with E-state index in [4.69, 9.17) is 22.1 Å². The Morgan fingerprint density at radius 2 is 2.06 bits per heavy atom. The van der Waals surface area contributed by atoms with Crippen LogP contribution in [0.15, 0.2) is 12.1 Å². The van der Waals surface area contributed by atoms with Crippen molar-refractivity contribution in [1.29, 1.82) is 0 Å². The van der Waals surface area contributed by atoms with Crippen molar-refractivity contribution in [2.75, 3.05) is 13.2 Å². The monoisotopic (exact) mass is 259 g/mol. The summed E-state index contributed by atoms with van der Waals surface area (Å²) in [4.78, 5) is 0. The van der Waals surface area contributed by atoms with Gasteiger partial charge in [0, 0.05) is 24.8 Å². The van der Waals surface area contributed by atoms with Gasteiger partial charge < -0.3 is 15.6 Å². The predicted molar refractivity (Wildman–Crippen MR) is 63.5 cm³/mol. The highest BCUT2D eigenvalue weighted by Crippen LogP contribution is 2.37. The first-order valence-electron chi connectivity index (χ1n) is 5.61. The number of rotatable bonds is 2. The van der Waals surface area contributed by atoms with Gasteiger partial charge in [0.1, 0.15) is 16.6 Å². The van der Waals surface area contributed by atoms with Crippen LogP contribution in [0.2, 0.25) is 5.02 Å². The highest BCUT2D eigenvalue weighted by atomic mass is 35.5. The minimum absolute atomic E-state index is 0.233. The lowest BCUT2D eigenvalue weighted by Crippen LogP contribution is -2.27. The van der Waals surface area contributed by atoms with Gasteiger partial charge in [-0.3, -0.25) is 0 Å². The summed E-state index contributed by atoms with van der Waals surface area (Å²) in [5, 5.41) is 9.54. The van der Waals surface area contributed by atoms with Crippen LogP contribution in [-0.4, -0.2) is 18.3 Å². The first-order chi connectivity index (χ1) is 8.11. The van der Waals surface area contributed by atoms with E-state index in [1.165, 1.54) is 12.1 Å². The Kier molecular flexibility index (Phi) is 3.86. The van der Waals surface area contributed by atoms with Crippen molar-refractivity contribution in [1.82, 2.24) is 0 Å². The van der Waals surface area contributed by atoms with Gasteiger partial charge in [-0.25, -0.2) is 4.39 Å². The van der Waals surface area contributed by atoms with Crippen molar-refractivity contribution >= 4 is 11.6 Å². The molecule has 0 aliphatic carbocycles. The van der Waals surface area contributed by atoms with Gasteiger partial charge in [-0.2, -0.15) is 0 Å². The highest BCUT2D eigenvalue weighted by molar-refractivity contribution is 6.32. The number of ether oxygens (including phenoxy) is 1. The molecule has 0 radical (unpaired) electrons. The molecule has 0 unspecified atom stereocenters. The van der Waals surface area contributed by atoms with Crippen LogP contribution >= 0.6 is 11.6 Å². The molecule has 3 nitrogen and oxygen atoms in total. The summed E-state index contributed by atoms with van der Waals surface area (Å²) in [5.41, 5.74) is 6.60. The number of halogens is 2. The minimum Gasteiger partial charge on any atom is -0.506 e. The standard InChI is InChI=1S/C12H15ClFNO2/c13-10-9(14)2-1-8(12(10)16)11(15)7-3-5-17-6-4-7/h1-2,7,11,16H,3-6,15H2/t11-/m1/s1. The number of phenolic OH excluding ortho intramolecular Hbond substituents is 1. The van der Waals surface area contributed by atoms with E-state index in [0.717, 1.165) is 12.8 Å². The van der Waals surface area contributed by atoms with Gasteiger partial charge in [-0.1, -0.05) is 17.7 Å². The van der Waals surface area contributed by atoms with Gasteiger partial charge in [-0.05, 0) is 24.8 Å². The van der Waals surface area contributed by atoms with Crippen molar-refractivity contribution in [3.8, 4) is 5.75 Å². The molecule has 1 saturated heterocycles. The van der Waals surface area contributed by atoms with Crippen molar-refractivity contribution < 1.29 is 14.2 Å². The maximum atomic E-state index is 13.1. The second-order valence-corrected chi connectivity index (χ2v) is 4.65. The molecule has 0 amide bonds. The van der Waals surface area contributed by atoms with Gasteiger partial charge in [-0.15, -0.1) is 0 Å². The fraction of sp³-hybridized carbons (Fsp3) is 0.500. The van der Waals surface area contributed by atoms with Crippen LogP contribution in [0, 0.1) is 11.7 Å². The Hall–Kier alpha value is -0.840. The lowest BCUT2D eigenvalue weighted by Gasteiger charge is -2.28. The average Bonchev–Trinajstić information content (AvgIpc) is 2.36. The van der Waals surface area contributed by atoms with Crippen LogP contribution in [0.5, 0.6) is 5.75 Å². The van der Waals surface area contributed by atoms with Gasteiger partial charge in [0.2, 0.25) is 0 Å². The normalized spacial score (nSPS) is 19.2. The summed E-state index contributed by atoms with van der Waals surface area (Å²) in [6.45, 7) is 1.35. The van der Waals surface area contributed by atoms with Crippen LogP contribution in [0.3, 0.4) is 0 Å². The first kappa shape index (κ1) is 12.6. The molecule has 1 aliphatic heterocycles. The molecule has 1 aliphatic rings. The third-order valence-electron chi connectivity index (χ3n) is 3.23. The van der Waals surface area contributed by atoms with Crippen LogP contribution < -0.4 is 5.73 Å². The van der Waals surface area contributed by atoms with Crippen molar-refractivity contribution in [3.63, 3.8) is 0 Å². The maximum Gasteiger partial charge on any atom is 0.145 e. The Morgan fingerprint density at radius 3 is 2.71 bits per heavy atom. The fourth-order valence-corrected chi connectivity index (χ4v) is 2.32. The van der Waals surface area contributed by atoms with Gasteiger partial charge >= 0.3 is 0 Å². The van der Waals surface area contributed by atoms with Crippen LogP contribution in [0.4, 0.5) is 4.39 Å². The molecular formula is C12H15ClFNO2. The number of hydrogen-bond donors (Lipinski definition) is 2. The molecule has 1 aromatic rings. The Bertz CT molecular complexity index is 408. The van der Waals surface area contributed by atoms with E-state index in [1.807, 2.05) is 0 Å². The van der Waals surface area contributed by atoms with E-state index in [-0.39, 0.29) is 22.7 Å². The molecule has 17 heavy (non-hydrogen) atoms. The molecule has 1 atom stereocenters. The number of hydrogen-bond acceptors (Lipinski definition) is 3. The molecule has 1 heterocycles. The summed E-state index contributed by atoms with van der Waals surface area (Å²) in [7, 11) is 0. The van der Waals surface area contributed by atoms with E-state index < -0.39 is 5.82 Å². The summed E-state index contributed by atoms with van der Waals surface area (Å²) < 4.78 is 18.4. The quantitative estimate of drug-likeness (QED) is 0.858. The molecule has 2 rings (SSSR count). The lowest BCUT2D eigenvalue weighted by atomic mass is 9.87. The predicted octanol–water partition coefficient (Wildman–Crippen LogP) is 2.61. The Labute approximate surface area is 104 Å². The van der Waals surface area contributed by atoms with Crippen molar-refractivity contribution in [2.24, 2.45) is 11.7 Å². The van der Waals surface area contributed by atoms with Crippen molar-refractivity contribution in [2.45, 2.75) is 18.9 Å². The van der Waals surface area contributed by atoms with E-state index in [1.54, 1.807) is 0 Å². The van der Waals surface area contributed by atoms with Gasteiger partial charge in [0.05, 0.1) is 0 Å². The number of phenols is 1. The zero-order chi connectivity index (χ0) is 12.4. The van der Waals surface area contributed by atoms with E-state index >= 15 is 0 Å². The average molecular weight is 260 g/mol. The van der Waals surface area contributed by atoms with E-state index in [9.17, 15) is 9.50 Å². The molecule has 94 valence electrons. The van der Waals surface area contributed by atoms with Gasteiger partial charge in [0.15, 0.2) is 0 Å². The summed E-state index contributed by atoms with van der Waals surface area (Å²) in [6.07, 6.45) is 1.69. The molecule has 0 aromatic heterocycles. The summed E-state index contributed by atoms with van der Waals surface area (Å²) >= 11 is 5.66. The van der Waals surface area contributed by atoms with E-state index in [2.05, 4.69) is 0 Å². The molecule has 3 N–H and O–H groups in total. The lowest BCUT2D eigenvalue weighted by molar-refractivity contribution is 0.0581. The zero-order valence-electron chi connectivity index (χ0n) is 9.33. The van der Waals surface area contributed by atoms with E-state index in [0.29, 0.717) is 18.8 Å². The topological polar surface area (TPSA) is 55.5 Å². The highest BCUT2D eigenvalue weighted by Gasteiger charge is 2.25. The minimum atomic E-state index is -0.632. The molecule has 1 aromatic carbocycles. The van der Waals surface area contributed by atoms with Crippen LogP contribution in [0.1, 0.15) is 24.4 Å². The smallest absolute Gasteiger partial charge is 0.145 e. The van der Waals surface area contributed by atoms with Gasteiger partial charge in [0.25, 0.3) is 0 Å².